The first-order valence-corrected chi connectivity index (χ1v) is 12.7. The van der Waals surface area contributed by atoms with Gasteiger partial charge in [-0.05, 0) is 68.4 Å². The summed E-state index contributed by atoms with van der Waals surface area (Å²) in [6, 6.07) is 19.9. The Balaban J connectivity index is 1.40. The topological polar surface area (TPSA) is 89.5 Å². The van der Waals surface area contributed by atoms with E-state index in [1.54, 1.807) is 18.2 Å². The molecule has 3 aromatic carbocycles. The van der Waals surface area contributed by atoms with Crippen molar-refractivity contribution in [1.82, 2.24) is 4.98 Å². The molecule has 35 heavy (non-hydrogen) atoms. The van der Waals surface area contributed by atoms with E-state index in [2.05, 4.69) is 15.6 Å². The molecule has 1 atom stereocenters. The number of carbonyl (C=O) groups excluding carboxylic acids is 2. The van der Waals surface area contributed by atoms with E-state index in [1.807, 2.05) is 62.4 Å². The van der Waals surface area contributed by atoms with Gasteiger partial charge in [-0.15, -0.1) is 11.3 Å². The summed E-state index contributed by atoms with van der Waals surface area (Å²) in [7, 11) is 1.54. The molecule has 2 amide bonds. The first-order valence-electron chi connectivity index (χ1n) is 11.0. The molecule has 0 aliphatic carbocycles. The Hall–Kier alpha value is -3.56. The molecule has 2 N–H and O–H groups in total. The minimum atomic E-state index is -0.341. The molecule has 0 fully saturated rings. The third kappa shape index (κ3) is 6.12. The van der Waals surface area contributed by atoms with Crippen molar-refractivity contribution >= 4 is 56.5 Å². The number of benzene rings is 3. The van der Waals surface area contributed by atoms with Crippen molar-refractivity contribution < 1.29 is 19.1 Å². The van der Waals surface area contributed by atoms with Crippen LogP contribution in [0, 0.1) is 0 Å². The minimum Gasteiger partial charge on any atom is -0.496 e. The van der Waals surface area contributed by atoms with Gasteiger partial charge in [-0.3, -0.25) is 9.59 Å². The summed E-state index contributed by atoms with van der Waals surface area (Å²) in [5.41, 5.74) is 2.65. The Kier molecular flexibility index (Phi) is 7.89. The first-order chi connectivity index (χ1) is 17.0. The molecule has 1 aromatic heterocycles. The fraction of sp³-hybridized carbons (Fsp3) is 0.192. The van der Waals surface area contributed by atoms with Crippen LogP contribution in [0.5, 0.6) is 11.5 Å². The van der Waals surface area contributed by atoms with Gasteiger partial charge in [0.05, 0.1) is 34.7 Å². The van der Waals surface area contributed by atoms with Crippen molar-refractivity contribution in [2.24, 2.45) is 0 Å². The van der Waals surface area contributed by atoms with Crippen LogP contribution in [0.15, 0.2) is 71.1 Å². The molecule has 0 saturated heterocycles. The van der Waals surface area contributed by atoms with Crippen molar-refractivity contribution in [1.29, 1.82) is 0 Å². The standard InChI is InChI=1S/C26H25N3O4S2/c1-4-33-19-12-9-17(10-13-19)27-24(30)16(2)34-26-29-21-14-11-18(15-23(21)35-26)28-25(31)20-7-5-6-8-22(20)32-3/h5-16H,4H2,1-3H3,(H,27,30)(H,28,31). The third-order valence-electron chi connectivity index (χ3n) is 5.06. The van der Waals surface area contributed by atoms with Gasteiger partial charge in [-0.25, -0.2) is 4.98 Å². The molecule has 0 radical (unpaired) electrons. The quantitative estimate of drug-likeness (QED) is 0.267. The molecular weight excluding hydrogens is 482 g/mol. The van der Waals surface area contributed by atoms with Crippen LogP contribution in [0.3, 0.4) is 0 Å². The van der Waals surface area contributed by atoms with Gasteiger partial charge in [0, 0.05) is 11.4 Å². The van der Waals surface area contributed by atoms with Crippen LogP contribution in [0.25, 0.3) is 10.2 Å². The molecule has 0 spiro atoms. The van der Waals surface area contributed by atoms with Crippen LogP contribution in [0.4, 0.5) is 11.4 Å². The van der Waals surface area contributed by atoms with Crippen molar-refractivity contribution in [3.05, 3.63) is 72.3 Å². The Morgan fingerprint density at radius 3 is 2.51 bits per heavy atom. The number of para-hydroxylation sites is 1. The molecule has 0 saturated carbocycles. The molecule has 1 heterocycles. The Bertz CT molecular complexity index is 1340. The number of amides is 2. The SMILES string of the molecule is CCOc1ccc(NC(=O)C(C)Sc2nc3ccc(NC(=O)c4ccccc4OC)cc3s2)cc1. The fourth-order valence-electron chi connectivity index (χ4n) is 3.31. The number of hydrogen-bond acceptors (Lipinski definition) is 7. The zero-order valence-electron chi connectivity index (χ0n) is 19.5. The lowest BCUT2D eigenvalue weighted by atomic mass is 10.2. The normalized spacial score (nSPS) is 11.6. The summed E-state index contributed by atoms with van der Waals surface area (Å²) in [5, 5.41) is 5.50. The van der Waals surface area contributed by atoms with E-state index < -0.39 is 0 Å². The number of carbonyl (C=O) groups is 2. The van der Waals surface area contributed by atoms with Crippen molar-refractivity contribution in [2.75, 3.05) is 24.4 Å². The van der Waals surface area contributed by atoms with Gasteiger partial charge in [0.2, 0.25) is 5.91 Å². The highest BCUT2D eigenvalue weighted by atomic mass is 32.2. The Morgan fingerprint density at radius 1 is 1.03 bits per heavy atom. The zero-order valence-corrected chi connectivity index (χ0v) is 21.2. The van der Waals surface area contributed by atoms with Crippen LogP contribution >= 0.6 is 23.1 Å². The third-order valence-corrected chi connectivity index (χ3v) is 7.27. The lowest BCUT2D eigenvalue weighted by Crippen LogP contribution is -2.22. The van der Waals surface area contributed by atoms with Gasteiger partial charge < -0.3 is 20.1 Å². The largest absolute Gasteiger partial charge is 0.496 e. The van der Waals surface area contributed by atoms with Crippen LogP contribution in [0.1, 0.15) is 24.2 Å². The Morgan fingerprint density at radius 2 is 1.77 bits per heavy atom. The molecule has 7 nitrogen and oxygen atoms in total. The highest BCUT2D eigenvalue weighted by Crippen LogP contribution is 2.34. The highest BCUT2D eigenvalue weighted by Gasteiger charge is 2.18. The number of rotatable bonds is 9. The van der Waals surface area contributed by atoms with Gasteiger partial charge in [-0.1, -0.05) is 23.9 Å². The lowest BCUT2D eigenvalue weighted by molar-refractivity contribution is -0.115. The fourth-order valence-corrected chi connectivity index (χ4v) is 5.56. The summed E-state index contributed by atoms with van der Waals surface area (Å²) < 4.78 is 12.4. The predicted molar refractivity (Wildman–Crippen MR) is 142 cm³/mol. The molecule has 1 unspecified atom stereocenters. The van der Waals surface area contributed by atoms with E-state index >= 15 is 0 Å². The van der Waals surface area contributed by atoms with Gasteiger partial charge in [0.25, 0.3) is 5.91 Å². The zero-order chi connectivity index (χ0) is 24.8. The van der Waals surface area contributed by atoms with Gasteiger partial charge in [0.1, 0.15) is 11.5 Å². The number of methoxy groups -OCH3 is 1. The van der Waals surface area contributed by atoms with Crippen molar-refractivity contribution in [2.45, 2.75) is 23.4 Å². The summed E-state index contributed by atoms with van der Waals surface area (Å²) in [4.78, 5) is 30.0. The number of ether oxygens (including phenoxy) is 2. The summed E-state index contributed by atoms with van der Waals surface area (Å²) >= 11 is 2.88. The van der Waals surface area contributed by atoms with E-state index in [4.69, 9.17) is 9.47 Å². The lowest BCUT2D eigenvalue weighted by Gasteiger charge is -2.11. The summed E-state index contributed by atoms with van der Waals surface area (Å²) in [5.74, 6) is 0.921. The minimum absolute atomic E-state index is 0.108. The maximum Gasteiger partial charge on any atom is 0.259 e. The average Bonchev–Trinajstić information content (AvgIpc) is 3.26. The molecule has 4 aromatic rings. The number of thioether (sulfide) groups is 1. The summed E-state index contributed by atoms with van der Waals surface area (Å²) in [6.07, 6.45) is 0. The van der Waals surface area contributed by atoms with Gasteiger partial charge in [-0.2, -0.15) is 0 Å². The molecule has 4 rings (SSSR count). The van der Waals surface area contributed by atoms with E-state index in [0.29, 0.717) is 29.3 Å². The van der Waals surface area contributed by atoms with Crippen LogP contribution < -0.4 is 20.1 Å². The summed E-state index contributed by atoms with van der Waals surface area (Å²) in [6.45, 7) is 4.37. The first kappa shape index (κ1) is 24.6. The molecule has 0 aliphatic heterocycles. The number of nitrogens with zero attached hydrogens (tertiary/aromatic N) is 1. The second-order valence-electron chi connectivity index (χ2n) is 7.52. The van der Waals surface area contributed by atoms with Gasteiger partial charge >= 0.3 is 0 Å². The molecule has 9 heteroatoms. The van der Waals surface area contributed by atoms with E-state index in [-0.39, 0.29) is 17.1 Å². The Labute approximate surface area is 211 Å². The smallest absolute Gasteiger partial charge is 0.259 e. The van der Waals surface area contributed by atoms with Crippen molar-refractivity contribution in [3.8, 4) is 11.5 Å². The second kappa shape index (κ2) is 11.2. The average molecular weight is 508 g/mol. The number of nitrogens with one attached hydrogen (secondary N) is 2. The highest BCUT2D eigenvalue weighted by molar-refractivity contribution is 8.02. The number of hydrogen-bond donors (Lipinski definition) is 2. The molecule has 180 valence electrons. The maximum absolute atomic E-state index is 12.7. The maximum atomic E-state index is 12.7. The monoisotopic (exact) mass is 507 g/mol. The van der Waals surface area contributed by atoms with Crippen LogP contribution in [0.2, 0.25) is 0 Å². The van der Waals surface area contributed by atoms with E-state index in [9.17, 15) is 9.59 Å². The van der Waals surface area contributed by atoms with E-state index in [0.717, 1.165) is 20.3 Å². The molecular formula is C26H25N3O4S2. The van der Waals surface area contributed by atoms with Crippen LogP contribution in [-0.4, -0.2) is 35.8 Å². The number of fused-ring (bicyclic) bond motifs is 1. The van der Waals surface area contributed by atoms with Crippen LogP contribution in [-0.2, 0) is 4.79 Å². The molecule has 0 bridgehead atoms. The van der Waals surface area contributed by atoms with Gasteiger partial charge in [0.15, 0.2) is 4.34 Å². The van der Waals surface area contributed by atoms with E-state index in [1.165, 1.54) is 30.2 Å². The second-order valence-corrected chi connectivity index (χ2v) is 10.1. The van der Waals surface area contributed by atoms with Crippen molar-refractivity contribution in [3.63, 3.8) is 0 Å². The number of thiazole rings is 1. The predicted octanol–water partition coefficient (Wildman–Crippen LogP) is 6.08. The number of anilines is 2. The number of aromatic nitrogens is 1. The molecule has 0 aliphatic rings.